The fourth-order valence-electron chi connectivity index (χ4n) is 3.97. The monoisotopic (exact) mass is 408 g/mol. The van der Waals surface area contributed by atoms with E-state index in [1.54, 1.807) is 30.2 Å². The van der Waals surface area contributed by atoms with Crippen LogP contribution in [0.25, 0.3) is 33.5 Å². The molecule has 154 valence electrons. The van der Waals surface area contributed by atoms with Crippen molar-refractivity contribution in [3.63, 3.8) is 0 Å². The molecule has 9 heteroatoms. The summed E-state index contributed by atoms with van der Waals surface area (Å²) in [7, 11) is 1.75. The SMILES string of the molecule is C[C@@H](NC(=O)c1c[nH]c2ncc(-c3nn(C)c4cc(F)ccc34)nc12)[C@H]1CCCO1. The van der Waals surface area contributed by atoms with Crippen molar-refractivity contribution in [3.8, 4) is 11.4 Å². The number of H-pyrrole nitrogens is 1. The molecule has 30 heavy (non-hydrogen) atoms. The number of ether oxygens (including phenoxy) is 1. The maximum absolute atomic E-state index is 13.6. The topological polar surface area (TPSA) is 97.7 Å². The lowest BCUT2D eigenvalue weighted by molar-refractivity contribution is 0.0713. The lowest BCUT2D eigenvalue weighted by Gasteiger charge is -2.19. The van der Waals surface area contributed by atoms with Crippen molar-refractivity contribution in [1.82, 2.24) is 30.0 Å². The number of fused-ring (bicyclic) bond motifs is 2. The van der Waals surface area contributed by atoms with Crippen molar-refractivity contribution in [2.75, 3.05) is 6.61 Å². The lowest BCUT2D eigenvalue weighted by atomic mass is 10.1. The summed E-state index contributed by atoms with van der Waals surface area (Å²) in [6.45, 7) is 2.67. The molecule has 0 aliphatic carbocycles. The molecule has 2 atom stereocenters. The first-order chi connectivity index (χ1) is 14.5. The van der Waals surface area contributed by atoms with E-state index in [9.17, 15) is 9.18 Å². The molecule has 1 aliphatic heterocycles. The highest BCUT2D eigenvalue weighted by Crippen LogP contribution is 2.28. The third-order valence-electron chi connectivity index (χ3n) is 5.56. The number of carbonyl (C=O) groups excluding carboxylic acids is 1. The molecule has 1 fully saturated rings. The molecule has 3 aromatic heterocycles. The molecule has 8 nitrogen and oxygen atoms in total. The highest BCUT2D eigenvalue weighted by molar-refractivity contribution is 6.05. The molecule has 1 amide bonds. The molecule has 0 spiro atoms. The number of nitrogens with one attached hydrogen (secondary N) is 2. The summed E-state index contributed by atoms with van der Waals surface area (Å²) in [5, 5.41) is 8.26. The smallest absolute Gasteiger partial charge is 0.255 e. The number of aromatic amines is 1. The van der Waals surface area contributed by atoms with Gasteiger partial charge in [-0.05, 0) is 38.0 Å². The van der Waals surface area contributed by atoms with Gasteiger partial charge in [0.05, 0.1) is 29.4 Å². The standard InChI is InChI=1S/C21H21FN6O2/c1-11(17-4-3-7-30-17)25-21(29)14-9-23-20-19(14)26-15(10-24-20)18-13-6-5-12(22)8-16(13)28(2)27-18/h5-6,8-11,17H,3-4,7H2,1-2H3,(H,23,24)(H,25,29)/t11-,17-/m1/s1. The van der Waals surface area contributed by atoms with E-state index in [4.69, 9.17) is 4.74 Å². The van der Waals surface area contributed by atoms with E-state index in [0.29, 0.717) is 33.6 Å². The number of halogens is 1. The van der Waals surface area contributed by atoms with Crippen LogP contribution < -0.4 is 5.32 Å². The molecule has 2 N–H and O–H groups in total. The zero-order chi connectivity index (χ0) is 20.8. The summed E-state index contributed by atoms with van der Waals surface area (Å²) in [5.41, 5.74) is 3.15. The van der Waals surface area contributed by atoms with Crippen molar-refractivity contribution in [2.24, 2.45) is 7.05 Å². The zero-order valence-electron chi connectivity index (χ0n) is 16.6. The van der Waals surface area contributed by atoms with Gasteiger partial charge in [0.25, 0.3) is 5.91 Å². The van der Waals surface area contributed by atoms with Gasteiger partial charge in [0, 0.05) is 25.2 Å². The maximum atomic E-state index is 13.6. The van der Waals surface area contributed by atoms with Crippen LogP contribution in [0.3, 0.4) is 0 Å². The molecular formula is C21H21FN6O2. The second-order valence-corrected chi connectivity index (χ2v) is 7.60. The number of benzene rings is 1. The average Bonchev–Trinajstić information content (AvgIpc) is 3.46. The summed E-state index contributed by atoms with van der Waals surface area (Å²) in [5.74, 6) is -0.563. The predicted molar refractivity (Wildman–Crippen MR) is 109 cm³/mol. The minimum atomic E-state index is -0.330. The van der Waals surface area contributed by atoms with E-state index in [2.05, 4.69) is 25.4 Å². The van der Waals surface area contributed by atoms with Gasteiger partial charge in [-0.25, -0.2) is 14.4 Å². The number of hydrogen-bond donors (Lipinski definition) is 2. The molecule has 0 saturated carbocycles. The minimum absolute atomic E-state index is 0.0288. The van der Waals surface area contributed by atoms with Crippen LogP contribution in [-0.2, 0) is 11.8 Å². The van der Waals surface area contributed by atoms with Crippen LogP contribution in [-0.4, -0.2) is 49.4 Å². The molecule has 5 rings (SSSR count). The average molecular weight is 408 g/mol. The van der Waals surface area contributed by atoms with Crippen molar-refractivity contribution < 1.29 is 13.9 Å². The van der Waals surface area contributed by atoms with E-state index in [1.165, 1.54) is 12.1 Å². The maximum Gasteiger partial charge on any atom is 0.255 e. The first-order valence-corrected chi connectivity index (χ1v) is 9.90. The van der Waals surface area contributed by atoms with Gasteiger partial charge in [0.15, 0.2) is 5.65 Å². The van der Waals surface area contributed by atoms with Crippen molar-refractivity contribution in [1.29, 1.82) is 0 Å². The second kappa shape index (κ2) is 7.17. The Morgan fingerprint density at radius 1 is 1.43 bits per heavy atom. The Morgan fingerprint density at radius 3 is 3.10 bits per heavy atom. The normalized spacial score (nSPS) is 17.6. The van der Waals surface area contributed by atoms with Crippen LogP contribution >= 0.6 is 0 Å². The van der Waals surface area contributed by atoms with Gasteiger partial charge >= 0.3 is 0 Å². The molecule has 4 aromatic rings. The summed E-state index contributed by atoms with van der Waals surface area (Å²) in [6.07, 6.45) is 5.18. The van der Waals surface area contributed by atoms with Crippen LogP contribution in [0.4, 0.5) is 4.39 Å². The minimum Gasteiger partial charge on any atom is -0.376 e. The number of rotatable bonds is 4. The first-order valence-electron chi connectivity index (χ1n) is 9.90. The Kier molecular flexibility index (Phi) is 4.47. The van der Waals surface area contributed by atoms with Gasteiger partial charge in [-0.15, -0.1) is 0 Å². The number of aromatic nitrogens is 5. The Labute approximate surface area is 171 Å². The Hall–Kier alpha value is -3.33. The number of amides is 1. The molecule has 0 radical (unpaired) electrons. The molecule has 1 saturated heterocycles. The lowest BCUT2D eigenvalue weighted by Crippen LogP contribution is -2.40. The van der Waals surface area contributed by atoms with Crippen LogP contribution in [0.5, 0.6) is 0 Å². The van der Waals surface area contributed by atoms with Crippen LogP contribution in [0.1, 0.15) is 30.1 Å². The zero-order valence-corrected chi connectivity index (χ0v) is 16.6. The van der Waals surface area contributed by atoms with Gasteiger partial charge in [0.1, 0.15) is 22.7 Å². The van der Waals surface area contributed by atoms with E-state index in [0.717, 1.165) is 24.8 Å². The number of nitrogens with zero attached hydrogens (tertiary/aromatic N) is 4. The van der Waals surface area contributed by atoms with E-state index in [1.807, 2.05) is 6.92 Å². The Morgan fingerprint density at radius 2 is 2.30 bits per heavy atom. The Bertz CT molecular complexity index is 1260. The summed E-state index contributed by atoms with van der Waals surface area (Å²) >= 11 is 0. The number of hydrogen-bond acceptors (Lipinski definition) is 5. The Balaban J connectivity index is 1.51. The van der Waals surface area contributed by atoms with Crippen LogP contribution in [0.2, 0.25) is 0 Å². The quantitative estimate of drug-likeness (QED) is 0.541. The fourth-order valence-corrected chi connectivity index (χ4v) is 3.97. The molecular weight excluding hydrogens is 387 g/mol. The largest absolute Gasteiger partial charge is 0.376 e. The van der Waals surface area contributed by atoms with E-state index in [-0.39, 0.29) is 23.9 Å². The van der Waals surface area contributed by atoms with Crippen LogP contribution in [0, 0.1) is 5.82 Å². The van der Waals surface area contributed by atoms with Gasteiger partial charge in [-0.2, -0.15) is 5.10 Å². The summed E-state index contributed by atoms with van der Waals surface area (Å²) in [4.78, 5) is 24.9. The molecule has 1 aromatic carbocycles. The predicted octanol–water partition coefficient (Wildman–Crippen LogP) is 2.95. The molecule has 1 aliphatic rings. The third kappa shape index (κ3) is 3.11. The van der Waals surface area contributed by atoms with Crippen LogP contribution in [0.15, 0.2) is 30.6 Å². The van der Waals surface area contributed by atoms with Crippen molar-refractivity contribution in [3.05, 3.63) is 42.0 Å². The van der Waals surface area contributed by atoms with Gasteiger partial charge in [0.2, 0.25) is 0 Å². The number of carbonyl (C=O) groups is 1. The third-order valence-corrected chi connectivity index (χ3v) is 5.56. The van der Waals surface area contributed by atoms with Gasteiger partial charge in [-0.1, -0.05) is 0 Å². The highest BCUT2D eigenvalue weighted by Gasteiger charge is 2.25. The molecule has 0 bridgehead atoms. The van der Waals surface area contributed by atoms with Gasteiger partial charge in [-0.3, -0.25) is 9.48 Å². The second-order valence-electron chi connectivity index (χ2n) is 7.60. The summed E-state index contributed by atoms with van der Waals surface area (Å²) < 4.78 is 20.9. The molecule has 0 unspecified atom stereocenters. The first kappa shape index (κ1) is 18.7. The van der Waals surface area contributed by atoms with E-state index >= 15 is 0 Å². The van der Waals surface area contributed by atoms with E-state index < -0.39 is 0 Å². The number of aryl methyl sites for hydroxylation is 1. The molecule has 4 heterocycles. The van der Waals surface area contributed by atoms with Crippen molar-refractivity contribution >= 4 is 28.0 Å². The van der Waals surface area contributed by atoms with Crippen molar-refractivity contribution in [2.45, 2.75) is 31.9 Å². The summed E-state index contributed by atoms with van der Waals surface area (Å²) in [6, 6.07) is 4.39. The van der Waals surface area contributed by atoms with Gasteiger partial charge < -0.3 is 15.0 Å². The fraction of sp³-hybridized carbons (Fsp3) is 0.333. The highest BCUT2D eigenvalue weighted by atomic mass is 19.1.